The van der Waals surface area contributed by atoms with Gasteiger partial charge in [-0.2, -0.15) is 0 Å². The summed E-state index contributed by atoms with van der Waals surface area (Å²) in [7, 11) is 1.20. The number of hydrogen-bond acceptors (Lipinski definition) is 7. The van der Waals surface area contributed by atoms with Crippen LogP contribution in [0.15, 0.2) is 30.3 Å². The molecule has 1 aliphatic rings. The minimum atomic E-state index is -0.970. The van der Waals surface area contributed by atoms with Crippen molar-refractivity contribution < 1.29 is 33.5 Å². The molecule has 2 atom stereocenters. The number of ether oxygens (including phenoxy) is 2. The summed E-state index contributed by atoms with van der Waals surface area (Å²) in [6.45, 7) is 4.97. The summed E-state index contributed by atoms with van der Waals surface area (Å²) >= 11 is 0. The molecule has 2 N–H and O–H groups in total. The molecule has 1 aromatic rings. The zero-order valence-electron chi connectivity index (χ0n) is 16.8. The molecule has 0 spiro atoms. The van der Waals surface area contributed by atoms with Crippen LogP contribution in [0, 0.1) is 0 Å². The fourth-order valence-corrected chi connectivity index (χ4v) is 2.80. The highest BCUT2D eigenvalue weighted by molar-refractivity contribution is 5.94. The molecule has 29 heavy (non-hydrogen) atoms. The Hall–Kier alpha value is -3.30. The SMILES string of the molecule is COC(=O)[C@@H]1C[C@@H](NC(=O)c2ccccc2)CN1C(=O)ONC(=O)OC(C)(C)C. The molecule has 0 bridgehead atoms. The maximum Gasteiger partial charge on any atom is 0.441 e. The van der Waals surface area contributed by atoms with Gasteiger partial charge in [0.15, 0.2) is 0 Å². The van der Waals surface area contributed by atoms with Gasteiger partial charge in [-0.05, 0) is 32.9 Å². The topological polar surface area (TPSA) is 123 Å². The quantitative estimate of drug-likeness (QED) is 0.443. The molecule has 1 aliphatic heterocycles. The number of benzene rings is 1. The van der Waals surface area contributed by atoms with Crippen molar-refractivity contribution >= 4 is 24.1 Å². The predicted octanol–water partition coefficient (Wildman–Crippen LogP) is 1.61. The second-order valence-corrected chi connectivity index (χ2v) is 7.44. The van der Waals surface area contributed by atoms with Crippen LogP contribution in [0.5, 0.6) is 0 Å². The van der Waals surface area contributed by atoms with Crippen molar-refractivity contribution in [3.8, 4) is 0 Å². The van der Waals surface area contributed by atoms with Crippen molar-refractivity contribution in [1.29, 1.82) is 0 Å². The molecule has 1 saturated heterocycles. The van der Waals surface area contributed by atoms with Gasteiger partial charge in [0.25, 0.3) is 5.91 Å². The number of esters is 1. The van der Waals surface area contributed by atoms with Crippen LogP contribution in [0.2, 0.25) is 0 Å². The van der Waals surface area contributed by atoms with Crippen molar-refractivity contribution in [2.45, 2.75) is 44.9 Å². The Kier molecular flexibility index (Phi) is 7.03. The van der Waals surface area contributed by atoms with Crippen LogP contribution in [-0.4, -0.2) is 60.3 Å². The summed E-state index contributed by atoms with van der Waals surface area (Å²) in [5, 5.41) is 2.78. The molecule has 2 rings (SSSR count). The van der Waals surface area contributed by atoms with Gasteiger partial charge in [0, 0.05) is 24.6 Å². The van der Waals surface area contributed by atoms with E-state index in [1.165, 1.54) is 7.11 Å². The fourth-order valence-electron chi connectivity index (χ4n) is 2.80. The van der Waals surface area contributed by atoms with Gasteiger partial charge in [0.05, 0.1) is 7.11 Å². The standard InChI is InChI=1S/C19H25N3O7/c1-19(2,3)28-17(25)21-29-18(26)22-11-13(10-14(22)16(24)27-4)20-15(23)12-8-6-5-7-9-12/h5-9,13-14H,10-11H2,1-4H3,(H,20,23)(H,21,25)/t13-,14+/m1/s1. The van der Waals surface area contributed by atoms with Crippen LogP contribution in [-0.2, 0) is 19.1 Å². The Morgan fingerprint density at radius 2 is 1.76 bits per heavy atom. The van der Waals surface area contributed by atoms with Gasteiger partial charge in [-0.15, -0.1) is 5.48 Å². The summed E-state index contributed by atoms with van der Waals surface area (Å²) in [5.41, 5.74) is 1.56. The number of hydrogen-bond donors (Lipinski definition) is 2. The third-order valence-corrected chi connectivity index (χ3v) is 4.00. The molecule has 0 aliphatic carbocycles. The number of likely N-dealkylation sites (tertiary alicyclic amines) is 1. The van der Waals surface area contributed by atoms with Crippen LogP contribution >= 0.6 is 0 Å². The lowest BCUT2D eigenvalue weighted by Crippen LogP contribution is -2.45. The summed E-state index contributed by atoms with van der Waals surface area (Å²) in [6, 6.07) is 7.08. The fraction of sp³-hybridized carbons (Fsp3) is 0.474. The van der Waals surface area contributed by atoms with E-state index in [-0.39, 0.29) is 18.9 Å². The number of methoxy groups -OCH3 is 1. The van der Waals surface area contributed by atoms with Crippen molar-refractivity contribution in [1.82, 2.24) is 15.7 Å². The van der Waals surface area contributed by atoms with Gasteiger partial charge >= 0.3 is 18.2 Å². The van der Waals surface area contributed by atoms with Crippen LogP contribution in [0.25, 0.3) is 0 Å². The van der Waals surface area contributed by atoms with Crippen LogP contribution in [0.1, 0.15) is 37.6 Å². The zero-order valence-corrected chi connectivity index (χ0v) is 16.8. The largest absolute Gasteiger partial charge is 0.467 e. The zero-order chi connectivity index (χ0) is 21.6. The predicted molar refractivity (Wildman–Crippen MR) is 101 cm³/mol. The Balaban J connectivity index is 1.99. The second-order valence-electron chi connectivity index (χ2n) is 7.44. The maximum atomic E-state index is 12.4. The highest BCUT2D eigenvalue weighted by Crippen LogP contribution is 2.20. The van der Waals surface area contributed by atoms with Crippen molar-refractivity contribution in [2.24, 2.45) is 0 Å². The van der Waals surface area contributed by atoms with Gasteiger partial charge < -0.3 is 19.6 Å². The number of amides is 3. The molecule has 0 unspecified atom stereocenters. The average molecular weight is 407 g/mol. The third kappa shape index (κ3) is 6.37. The van der Waals surface area contributed by atoms with E-state index in [0.717, 1.165) is 4.90 Å². The van der Waals surface area contributed by atoms with E-state index in [9.17, 15) is 19.2 Å². The summed E-state index contributed by atoms with van der Waals surface area (Å²) in [6.07, 6.45) is -1.77. The number of hydroxylamine groups is 1. The highest BCUT2D eigenvalue weighted by Gasteiger charge is 2.42. The molecule has 0 radical (unpaired) electrons. The van der Waals surface area contributed by atoms with E-state index >= 15 is 0 Å². The van der Waals surface area contributed by atoms with E-state index in [2.05, 4.69) is 5.32 Å². The van der Waals surface area contributed by atoms with Crippen LogP contribution in [0.4, 0.5) is 9.59 Å². The summed E-state index contributed by atoms with van der Waals surface area (Å²) in [4.78, 5) is 54.2. The molecule has 1 aromatic carbocycles. The number of carbonyl (C=O) groups is 4. The monoisotopic (exact) mass is 407 g/mol. The molecule has 10 nitrogen and oxygen atoms in total. The lowest BCUT2D eigenvalue weighted by molar-refractivity contribution is -0.145. The third-order valence-electron chi connectivity index (χ3n) is 4.00. The second kappa shape index (κ2) is 9.26. The number of rotatable bonds is 3. The first kappa shape index (κ1) is 22.0. The molecule has 0 aromatic heterocycles. The first-order chi connectivity index (χ1) is 13.6. The minimum Gasteiger partial charge on any atom is -0.467 e. The molecule has 1 heterocycles. The molecule has 1 fully saturated rings. The number of nitrogens with zero attached hydrogens (tertiary/aromatic N) is 1. The van der Waals surface area contributed by atoms with Gasteiger partial charge in [0.1, 0.15) is 11.6 Å². The van der Waals surface area contributed by atoms with E-state index < -0.39 is 35.8 Å². The van der Waals surface area contributed by atoms with Crippen molar-refractivity contribution in [2.75, 3.05) is 13.7 Å². The van der Waals surface area contributed by atoms with Crippen molar-refractivity contribution in [3.63, 3.8) is 0 Å². The number of nitrogens with one attached hydrogen (secondary N) is 2. The summed E-state index contributed by atoms with van der Waals surface area (Å²) in [5.74, 6) is -0.989. The smallest absolute Gasteiger partial charge is 0.441 e. The van der Waals surface area contributed by atoms with Crippen LogP contribution < -0.4 is 10.8 Å². The van der Waals surface area contributed by atoms with E-state index in [0.29, 0.717) is 5.56 Å². The van der Waals surface area contributed by atoms with Gasteiger partial charge in [-0.1, -0.05) is 18.2 Å². The maximum absolute atomic E-state index is 12.4. The minimum absolute atomic E-state index is 0.00712. The Bertz CT molecular complexity index is 761. The van der Waals surface area contributed by atoms with E-state index in [1.54, 1.807) is 51.1 Å². The first-order valence-corrected chi connectivity index (χ1v) is 9.01. The normalized spacial score (nSPS) is 18.6. The molecule has 158 valence electrons. The van der Waals surface area contributed by atoms with E-state index in [4.69, 9.17) is 14.3 Å². The highest BCUT2D eigenvalue weighted by atomic mass is 16.7. The lowest BCUT2D eigenvalue weighted by atomic mass is 10.1. The Morgan fingerprint density at radius 1 is 1.10 bits per heavy atom. The first-order valence-electron chi connectivity index (χ1n) is 9.01. The van der Waals surface area contributed by atoms with Crippen LogP contribution in [0.3, 0.4) is 0 Å². The average Bonchev–Trinajstić information content (AvgIpc) is 3.08. The van der Waals surface area contributed by atoms with Gasteiger partial charge in [0.2, 0.25) is 0 Å². The van der Waals surface area contributed by atoms with E-state index in [1.807, 2.05) is 5.48 Å². The molecular formula is C19H25N3O7. The Labute approximate surface area is 168 Å². The van der Waals surface area contributed by atoms with Gasteiger partial charge in [-0.3, -0.25) is 9.69 Å². The lowest BCUT2D eigenvalue weighted by Gasteiger charge is -2.22. The summed E-state index contributed by atoms with van der Waals surface area (Å²) < 4.78 is 9.71. The molecule has 3 amide bonds. The van der Waals surface area contributed by atoms with Gasteiger partial charge in [-0.25, -0.2) is 14.4 Å². The Morgan fingerprint density at radius 3 is 2.34 bits per heavy atom. The molecule has 0 saturated carbocycles. The molecular weight excluding hydrogens is 382 g/mol. The van der Waals surface area contributed by atoms with Crippen molar-refractivity contribution in [3.05, 3.63) is 35.9 Å². The number of carbonyl (C=O) groups excluding carboxylic acids is 4. The molecule has 10 heteroatoms.